The number of nitrogens with one attached hydrogen (secondary N) is 1. The Morgan fingerprint density at radius 1 is 1.42 bits per heavy atom. The Bertz CT molecular complexity index is 478. The van der Waals surface area contributed by atoms with E-state index in [0.717, 1.165) is 19.3 Å². The highest BCUT2D eigenvalue weighted by molar-refractivity contribution is 6.43. The van der Waals surface area contributed by atoms with Gasteiger partial charge in [0.15, 0.2) is 0 Å². The van der Waals surface area contributed by atoms with Crippen LogP contribution in [0.1, 0.15) is 29.6 Å². The minimum atomic E-state index is -0.227. The van der Waals surface area contributed by atoms with Crippen LogP contribution in [0.4, 0.5) is 5.69 Å². The first-order chi connectivity index (χ1) is 8.97. The molecule has 1 aromatic carbocycles. The Hall–Kier alpha value is -0.970. The summed E-state index contributed by atoms with van der Waals surface area (Å²) in [5.74, 6) is -0.227. The number of nitrogen functional groups attached to an aromatic ring is 1. The van der Waals surface area contributed by atoms with Gasteiger partial charge in [0.1, 0.15) is 0 Å². The van der Waals surface area contributed by atoms with Crippen LogP contribution in [-0.4, -0.2) is 24.2 Å². The molecule has 4 N–H and O–H groups in total. The number of anilines is 1. The molecule has 1 aromatic rings. The van der Waals surface area contributed by atoms with Crippen LogP contribution in [0, 0.1) is 5.41 Å². The lowest BCUT2D eigenvalue weighted by Crippen LogP contribution is -2.30. The fraction of sp³-hybridized carbons (Fsp3) is 0.462. The van der Waals surface area contributed by atoms with Crippen molar-refractivity contribution in [3.8, 4) is 0 Å². The van der Waals surface area contributed by atoms with E-state index in [-0.39, 0.29) is 33.7 Å². The van der Waals surface area contributed by atoms with Gasteiger partial charge in [0, 0.05) is 18.7 Å². The largest absolute Gasteiger partial charge is 0.397 e. The van der Waals surface area contributed by atoms with E-state index in [1.54, 1.807) is 0 Å². The Labute approximate surface area is 121 Å². The molecular formula is C13H16Cl2N2O2. The highest BCUT2D eigenvalue weighted by Crippen LogP contribution is 2.47. The van der Waals surface area contributed by atoms with Gasteiger partial charge >= 0.3 is 0 Å². The normalized spacial score (nSPS) is 16.2. The summed E-state index contributed by atoms with van der Waals surface area (Å²) in [6.07, 6.45) is 2.80. The number of benzene rings is 1. The van der Waals surface area contributed by atoms with E-state index >= 15 is 0 Å². The van der Waals surface area contributed by atoms with Gasteiger partial charge < -0.3 is 16.2 Å². The molecule has 2 rings (SSSR count). The van der Waals surface area contributed by atoms with Crippen molar-refractivity contribution >= 4 is 34.8 Å². The number of carbonyl (C=O) groups is 1. The zero-order valence-electron chi connectivity index (χ0n) is 10.4. The number of halogens is 2. The van der Waals surface area contributed by atoms with E-state index in [1.165, 1.54) is 12.1 Å². The van der Waals surface area contributed by atoms with Crippen LogP contribution >= 0.6 is 23.2 Å². The Kier molecular flexibility index (Phi) is 4.23. The number of amides is 1. The lowest BCUT2D eigenvalue weighted by molar-refractivity contribution is 0.0941. The number of rotatable bonds is 5. The van der Waals surface area contributed by atoms with E-state index in [4.69, 9.17) is 34.0 Å². The molecule has 0 radical (unpaired) electrons. The van der Waals surface area contributed by atoms with Gasteiger partial charge in [-0.2, -0.15) is 0 Å². The van der Waals surface area contributed by atoms with Gasteiger partial charge in [-0.05, 0) is 36.8 Å². The molecule has 0 heterocycles. The average Bonchev–Trinajstić information content (AvgIpc) is 3.13. The summed E-state index contributed by atoms with van der Waals surface area (Å²) in [5.41, 5.74) is 6.43. The second-order valence-corrected chi connectivity index (χ2v) is 5.80. The third kappa shape index (κ3) is 3.32. The summed E-state index contributed by atoms with van der Waals surface area (Å²) in [4.78, 5) is 12.0. The third-order valence-corrected chi connectivity index (χ3v) is 4.36. The van der Waals surface area contributed by atoms with Crippen LogP contribution < -0.4 is 11.1 Å². The molecule has 1 amide bonds. The summed E-state index contributed by atoms with van der Waals surface area (Å²) >= 11 is 11.7. The molecule has 1 fully saturated rings. The number of nitrogens with two attached hydrogens (primary N) is 1. The van der Waals surface area contributed by atoms with E-state index in [9.17, 15) is 4.79 Å². The number of hydrogen-bond acceptors (Lipinski definition) is 3. The number of aliphatic hydroxyl groups excluding tert-OH is 1. The van der Waals surface area contributed by atoms with Crippen molar-refractivity contribution in [2.45, 2.75) is 19.3 Å². The van der Waals surface area contributed by atoms with E-state index in [1.807, 2.05) is 0 Å². The third-order valence-electron chi connectivity index (χ3n) is 3.54. The van der Waals surface area contributed by atoms with Gasteiger partial charge in [-0.15, -0.1) is 0 Å². The number of carbonyl (C=O) groups excluding carboxylic acids is 1. The zero-order valence-corrected chi connectivity index (χ0v) is 11.9. The molecule has 1 aliphatic rings. The minimum absolute atomic E-state index is 0.0756. The molecule has 1 saturated carbocycles. The predicted octanol–water partition coefficient (Wildman–Crippen LogP) is 2.47. The first-order valence-corrected chi connectivity index (χ1v) is 6.87. The summed E-state index contributed by atoms with van der Waals surface area (Å²) in [6, 6.07) is 3.01. The topological polar surface area (TPSA) is 75.4 Å². The lowest BCUT2D eigenvalue weighted by Gasteiger charge is -2.15. The molecule has 0 aromatic heterocycles. The van der Waals surface area contributed by atoms with Gasteiger partial charge in [0.2, 0.25) is 0 Å². The minimum Gasteiger partial charge on any atom is -0.397 e. The van der Waals surface area contributed by atoms with Crippen molar-refractivity contribution < 1.29 is 9.90 Å². The lowest BCUT2D eigenvalue weighted by atomic mass is 10.0. The molecule has 0 saturated heterocycles. The molecular weight excluding hydrogens is 287 g/mol. The highest BCUT2D eigenvalue weighted by Gasteiger charge is 2.41. The van der Waals surface area contributed by atoms with E-state index in [2.05, 4.69) is 5.32 Å². The van der Waals surface area contributed by atoms with Crippen LogP contribution in [0.25, 0.3) is 0 Å². The van der Waals surface area contributed by atoms with Gasteiger partial charge in [-0.25, -0.2) is 0 Å². The average molecular weight is 303 g/mol. The van der Waals surface area contributed by atoms with Crippen molar-refractivity contribution in [1.29, 1.82) is 0 Å². The maximum Gasteiger partial charge on any atom is 0.251 e. The molecule has 4 nitrogen and oxygen atoms in total. The molecule has 6 heteroatoms. The van der Waals surface area contributed by atoms with Crippen LogP contribution in [0.2, 0.25) is 10.0 Å². The van der Waals surface area contributed by atoms with Crippen molar-refractivity contribution in [2.75, 3.05) is 18.9 Å². The Morgan fingerprint density at radius 2 is 2.11 bits per heavy atom. The van der Waals surface area contributed by atoms with Crippen molar-refractivity contribution in [2.24, 2.45) is 5.41 Å². The van der Waals surface area contributed by atoms with Gasteiger partial charge in [0.05, 0.1) is 15.7 Å². The van der Waals surface area contributed by atoms with Crippen LogP contribution in [0.3, 0.4) is 0 Å². The van der Waals surface area contributed by atoms with Crippen LogP contribution in [0.15, 0.2) is 12.1 Å². The summed E-state index contributed by atoms with van der Waals surface area (Å²) in [6.45, 7) is 0.710. The maximum atomic E-state index is 12.0. The SMILES string of the molecule is Nc1cc(C(=O)NCC2(CCO)CC2)cc(Cl)c1Cl. The monoisotopic (exact) mass is 302 g/mol. The standard InChI is InChI=1S/C13H16Cl2N2O2/c14-9-5-8(6-10(16)11(9)15)12(19)17-7-13(1-2-13)3-4-18/h5-6,18H,1-4,7,16H2,(H,17,19). The Balaban J connectivity index is 2.01. The summed E-state index contributed by atoms with van der Waals surface area (Å²) in [7, 11) is 0. The van der Waals surface area contributed by atoms with Gasteiger partial charge in [-0.1, -0.05) is 23.2 Å². The fourth-order valence-electron chi connectivity index (χ4n) is 2.04. The maximum absolute atomic E-state index is 12.0. The first kappa shape index (κ1) is 14.4. The smallest absolute Gasteiger partial charge is 0.251 e. The number of hydrogen-bond donors (Lipinski definition) is 3. The summed E-state index contributed by atoms with van der Waals surface area (Å²) in [5, 5.41) is 12.3. The second kappa shape index (κ2) is 5.57. The van der Waals surface area contributed by atoms with Gasteiger partial charge in [-0.3, -0.25) is 4.79 Å². The molecule has 0 atom stereocenters. The molecule has 19 heavy (non-hydrogen) atoms. The number of aliphatic hydroxyl groups is 1. The summed E-state index contributed by atoms with van der Waals surface area (Å²) < 4.78 is 0. The quantitative estimate of drug-likeness (QED) is 0.731. The fourth-order valence-corrected chi connectivity index (χ4v) is 2.38. The second-order valence-electron chi connectivity index (χ2n) is 5.02. The van der Waals surface area contributed by atoms with E-state index < -0.39 is 0 Å². The molecule has 1 aliphatic carbocycles. The van der Waals surface area contributed by atoms with Crippen LogP contribution in [-0.2, 0) is 0 Å². The Morgan fingerprint density at radius 3 is 2.63 bits per heavy atom. The van der Waals surface area contributed by atoms with Crippen molar-refractivity contribution in [1.82, 2.24) is 5.32 Å². The van der Waals surface area contributed by atoms with Crippen LogP contribution in [0.5, 0.6) is 0 Å². The molecule has 0 bridgehead atoms. The van der Waals surface area contributed by atoms with E-state index in [0.29, 0.717) is 12.1 Å². The molecule has 0 unspecified atom stereocenters. The van der Waals surface area contributed by atoms with Crippen molar-refractivity contribution in [3.05, 3.63) is 27.7 Å². The predicted molar refractivity (Wildman–Crippen MR) is 76.6 cm³/mol. The highest BCUT2D eigenvalue weighted by atomic mass is 35.5. The first-order valence-electron chi connectivity index (χ1n) is 6.11. The van der Waals surface area contributed by atoms with Gasteiger partial charge in [0.25, 0.3) is 5.91 Å². The molecule has 104 valence electrons. The zero-order chi connectivity index (χ0) is 14.0. The van der Waals surface area contributed by atoms with Crippen molar-refractivity contribution in [3.63, 3.8) is 0 Å². The molecule has 0 aliphatic heterocycles. The molecule has 0 spiro atoms.